The number of carboxylic acid groups (broad SMARTS) is 1. The number of hydrogen-bond acceptors (Lipinski definition) is 6. The van der Waals surface area contributed by atoms with Crippen molar-refractivity contribution < 1.29 is 23.2 Å². The fourth-order valence-electron chi connectivity index (χ4n) is 1.52. The number of nitrogens with two attached hydrogens (primary N) is 1. The quantitative estimate of drug-likeness (QED) is 0.335. The van der Waals surface area contributed by atoms with Crippen LogP contribution < -0.4 is 5.14 Å². The number of unbranched alkanes of at least 4 members (excludes halogenated alkanes) is 1. The van der Waals surface area contributed by atoms with Crippen LogP contribution >= 0.6 is 11.8 Å². The monoisotopic (exact) mass is 334 g/mol. The van der Waals surface area contributed by atoms with E-state index in [0.29, 0.717) is 5.75 Å². The summed E-state index contributed by atoms with van der Waals surface area (Å²) in [4.78, 5) is 20.6. The molecule has 10 heteroatoms. The molecule has 116 valence electrons. The second-order valence-electron chi connectivity index (χ2n) is 4.13. The molecule has 8 nitrogen and oxygen atoms in total. The summed E-state index contributed by atoms with van der Waals surface area (Å²) in [5.41, 5.74) is -1.06. The van der Waals surface area contributed by atoms with Crippen molar-refractivity contribution in [3.05, 3.63) is 27.8 Å². The number of thioether (sulfide) groups is 1. The first-order chi connectivity index (χ1) is 9.68. The Bertz CT molecular complexity index is 672. The van der Waals surface area contributed by atoms with Crippen LogP contribution in [0.15, 0.2) is 21.9 Å². The molecule has 0 spiro atoms. The number of nitro groups is 1. The van der Waals surface area contributed by atoms with Gasteiger partial charge in [0.15, 0.2) is 0 Å². The van der Waals surface area contributed by atoms with Crippen molar-refractivity contribution in [3.8, 4) is 0 Å². The normalized spacial score (nSPS) is 11.3. The van der Waals surface area contributed by atoms with Crippen molar-refractivity contribution in [2.24, 2.45) is 5.14 Å². The number of carboxylic acids is 1. The zero-order chi connectivity index (χ0) is 16.2. The van der Waals surface area contributed by atoms with Gasteiger partial charge in [-0.3, -0.25) is 10.1 Å². The van der Waals surface area contributed by atoms with Gasteiger partial charge in [-0.1, -0.05) is 13.3 Å². The molecule has 0 fully saturated rings. The third-order valence-corrected chi connectivity index (χ3v) is 4.80. The summed E-state index contributed by atoms with van der Waals surface area (Å²) in [7, 11) is -4.27. The topological polar surface area (TPSA) is 141 Å². The lowest BCUT2D eigenvalue weighted by Crippen LogP contribution is -2.15. The first-order valence-electron chi connectivity index (χ1n) is 5.89. The fourth-order valence-corrected chi connectivity index (χ4v) is 3.82. The summed E-state index contributed by atoms with van der Waals surface area (Å²) in [6, 6.07) is 1.68. The number of nitro benzene ring substituents is 1. The maximum Gasteiger partial charge on any atom is 0.335 e. The van der Waals surface area contributed by atoms with Crippen LogP contribution in [0.1, 0.15) is 30.1 Å². The van der Waals surface area contributed by atoms with Gasteiger partial charge in [-0.25, -0.2) is 18.4 Å². The molecule has 0 saturated carbocycles. The summed E-state index contributed by atoms with van der Waals surface area (Å²) in [5.74, 6) is -1.00. The second-order valence-corrected chi connectivity index (χ2v) is 6.77. The Labute approximate surface area is 125 Å². The highest BCUT2D eigenvalue weighted by atomic mass is 32.2. The number of hydrogen-bond donors (Lipinski definition) is 2. The maximum atomic E-state index is 11.6. The van der Waals surface area contributed by atoms with Crippen molar-refractivity contribution in [3.63, 3.8) is 0 Å². The van der Waals surface area contributed by atoms with E-state index in [0.717, 1.165) is 36.7 Å². The van der Waals surface area contributed by atoms with Crippen LogP contribution in [0.25, 0.3) is 0 Å². The number of sulfonamides is 1. The number of benzene rings is 1. The molecule has 0 amide bonds. The number of rotatable bonds is 7. The summed E-state index contributed by atoms with van der Waals surface area (Å²) in [6.45, 7) is 1.92. The van der Waals surface area contributed by atoms with Crippen LogP contribution in [0.4, 0.5) is 5.69 Å². The largest absolute Gasteiger partial charge is 0.478 e. The van der Waals surface area contributed by atoms with E-state index < -0.39 is 37.1 Å². The summed E-state index contributed by atoms with van der Waals surface area (Å²) >= 11 is 0.980. The number of primary sulfonamides is 1. The smallest absolute Gasteiger partial charge is 0.335 e. The van der Waals surface area contributed by atoms with Crippen molar-refractivity contribution in [2.75, 3.05) is 5.75 Å². The van der Waals surface area contributed by atoms with Gasteiger partial charge in [-0.05, 0) is 18.2 Å². The predicted octanol–water partition coefficient (Wildman–Crippen LogP) is 1.83. The molecule has 3 N–H and O–H groups in total. The van der Waals surface area contributed by atoms with Crippen LogP contribution in [0.5, 0.6) is 0 Å². The standard InChI is InChI=1S/C11H14N2O6S2/c1-2-3-4-20-10-8(13(16)17)5-7(11(14)15)6-9(10)21(12,18)19/h5-6H,2-4H2,1H3,(H,14,15)(H2,12,18,19). The minimum absolute atomic E-state index is 0.124. The van der Waals surface area contributed by atoms with Crippen LogP contribution in [0, 0.1) is 10.1 Å². The van der Waals surface area contributed by atoms with Gasteiger partial charge in [-0.15, -0.1) is 11.8 Å². The van der Waals surface area contributed by atoms with Gasteiger partial charge in [0.1, 0.15) is 9.79 Å². The lowest BCUT2D eigenvalue weighted by Gasteiger charge is -2.09. The van der Waals surface area contributed by atoms with Crippen LogP contribution in [0.2, 0.25) is 0 Å². The molecule has 1 rings (SSSR count). The van der Waals surface area contributed by atoms with E-state index in [1.807, 2.05) is 6.92 Å². The summed E-state index contributed by atoms with van der Waals surface area (Å²) in [6.07, 6.45) is 1.56. The highest BCUT2D eigenvalue weighted by Crippen LogP contribution is 2.36. The lowest BCUT2D eigenvalue weighted by atomic mass is 10.2. The zero-order valence-electron chi connectivity index (χ0n) is 11.1. The van der Waals surface area contributed by atoms with E-state index in [4.69, 9.17) is 10.2 Å². The molecular formula is C11H14N2O6S2. The van der Waals surface area contributed by atoms with E-state index in [1.165, 1.54) is 0 Å². The van der Waals surface area contributed by atoms with Crippen LogP contribution in [0.3, 0.4) is 0 Å². The fraction of sp³-hybridized carbons (Fsp3) is 0.364. The molecule has 1 aromatic carbocycles. The second kappa shape index (κ2) is 6.87. The van der Waals surface area contributed by atoms with Gasteiger partial charge in [0.25, 0.3) is 5.69 Å². The van der Waals surface area contributed by atoms with Gasteiger partial charge in [0, 0.05) is 6.07 Å². The first-order valence-corrected chi connectivity index (χ1v) is 8.43. The van der Waals surface area contributed by atoms with E-state index in [1.54, 1.807) is 0 Å². The molecule has 0 aliphatic heterocycles. The maximum absolute atomic E-state index is 11.6. The van der Waals surface area contributed by atoms with Gasteiger partial charge in [0.05, 0.1) is 10.5 Å². The molecule has 0 unspecified atom stereocenters. The predicted molar refractivity (Wildman–Crippen MR) is 77.1 cm³/mol. The Hall–Kier alpha value is -1.65. The van der Waals surface area contributed by atoms with E-state index in [-0.39, 0.29) is 4.90 Å². The van der Waals surface area contributed by atoms with Gasteiger partial charge >= 0.3 is 5.97 Å². The van der Waals surface area contributed by atoms with Crippen molar-refractivity contribution >= 4 is 33.4 Å². The number of nitrogens with zero attached hydrogens (tertiary/aromatic N) is 1. The van der Waals surface area contributed by atoms with E-state index in [2.05, 4.69) is 0 Å². The van der Waals surface area contributed by atoms with Crippen molar-refractivity contribution in [2.45, 2.75) is 29.6 Å². The average molecular weight is 334 g/mol. The van der Waals surface area contributed by atoms with Crippen molar-refractivity contribution in [1.82, 2.24) is 0 Å². The third kappa shape index (κ3) is 4.41. The SMILES string of the molecule is CCCCSc1c([N+](=O)[O-])cc(C(=O)O)cc1S(N)(=O)=O. The molecule has 0 radical (unpaired) electrons. The highest BCUT2D eigenvalue weighted by molar-refractivity contribution is 8.00. The van der Waals surface area contributed by atoms with Gasteiger partial charge in [0.2, 0.25) is 10.0 Å². The molecular weight excluding hydrogens is 320 g/mol. The Morgan fingerprint density at radius 1 is 1.48 bits per heavy atom. The zero-order valence-corrected chi connectivity index (χ0v) is 12.7. The lowest BCUT2D eigenvalue weighted by molar-refractivity contribution is -0.388. The molecule has 0 heterocycles. The molecule has 0 aliphatic carbocycles. The van der Waals surface area contributed by atoms with Crippen molar-refractivity contribution in [1.29, 1.82) is 0 Å². The number of carbonyl (C=O) groups is 1. The third-order valence-electron chi connectivity index (χ3n) is 2.53. The van der Waals surface area contributed by atoms with E-state index in [9.17, 15) is 23.3 Å². The minimum atomic E-state index is -4.27. The first kappa shape index (κ1) is 17.4. The molecule has 0 bridgehead atoms. The summed E-state index contributed by atoms with van der Waals surface area (Å²) < 4.78 is 23.2. The molecule has 0 aliphatic rings. The summed E-state index contributed by atoms with van der Waals surface area (Å²) in [5, 5.41) is 25.0. The Morgan fingerprint density at radius 3 is 2.52 bits per heavy atom. The van der Waals surface area contributed by atoms with Gasteiger partial charge < -0.3 is 5.11 Å². The average Bonchev–Trinajstić information content (AvgIpc) is 2.37. The molecule has 1 aromatic rings. The number of aromatic carboxylic acids is 1. The Kier molecular flexibility index (Phi) is 5.70. The Morgan fingerprint density at radius 2 is 2.10 bits per heavy atom. The van der Waals surface area contributed by atoms with E-state index >= 15 is 0 Å². The highest BCUT2D eigenvalue weighted by Gasteiger charge is 2.27. The molecule has 0 aromatic heterocycles. The molecule has 0 atom stereocenters. The van der Waals surface area contributed by atoms with Gasteiger partial charge in [-0.2, -0.15) is 0 Å². The Balaban J connectivity index is 3.55. The van der Waals surface area contributed by atoms with Crippen LogP contribution in [-0.2, 0) is 10.0 Å². The molecule has 21 heavy (non-hydrogen) atoms. The van der Waals surface area contributed by atoms with Crippen LogP contribution in [-0.4, -0.2) is 30.2 Å². The molecule has 0 saturated heterocycles. The minimum Gasteiger partial charge on any atom is -0.478 e.